The highest BCUT2D eigenvalue weighted by molar-refractivity contribution is 5.44. The van der Waals surface area contributed by atoms with E-state index in [1.807, 2.05) is 0 Å². The van der Waals surface area contributed by atoms with Crippen molar-refractivity contribution in [3.8, 4) is 0 Å². The van der Waals surface area contributed by atoms with Gasteiger partial charge in [-0.2, -0.15) is 0 Å². The van der Waals surface area contributed by atoms with Gasteiger partial charge in [-0.1, -0.05) is 50.1 Å². The van der Waals surface area contributed by atoms with E-state index in [0.717, 1.165) is 12.3 Å². The van der Waals surface area contributed by atoms with Crippen molar-refractivity contribution in [2.24, 2.45) is 11.3 Å². The van der Waals surface area contributed by atoms with Gasteiger partial charge in [-0.15, -0.1) is 0 Å². The zero-order valence-corrected chi connectivity index (χ0v) is 11.1. The maximum atomic E-state index is 2.40. The molecule has 0 heteroatoms. The summed E-state index contributed by atoms with van der Waals surface area (Å²) in [4.78, 5) is 0. The second kappa shape index (κ2) is 4.24. The molecule has 0 aliphatic heterocycles. The van der Waals surface area contributed by atoms with Crippen molar-refractivity contribution >= 4 is 0 Å². The summed E-state index contributed by atoms with van der Waals surface area (Å²) in [7, 11) is 0. The lowest BCUT2D eigenvalue weighted by Gasteiger charge is -2.29. The number of hydrogen-bond acceptors (Lipinski definition) is 0. The van der Waals surface area contributed by atoms with Crippen molar-refractivity contribution in [2.45, 2.75) is 53.4 Å². The van der Waals surface area contributed by atoms with Gasteiger partial charge in [-0.25, -0.2) is 0 Å². The van der Waals surface area contributed by atoms with Crippen molar-refractivity contribution in [1.82, 2.24) is 0 Å². The summed E-state index contributed by atoms with van der Waals surface area (Å²) in [5.74, 6) is 0.947. The summed E-state index contributed by atoms with van der Waals surface area (Å²) in [6.07, 6.45) is 12.3. The minimum Gasteiger partial charge on any atom is -0.0819 e. The Balaban J connectivity index is 2.18. The molecule has 0 saturated heterocycles. The molecular formula is C16H24. The van der Waals surface area contributed by atoms with E-state index in [4.69, 9.17) is 0 Å². The van der Waals surface area contributed by atoms with Crippen LogP contribution in [0.4, 0.5) is 0 Å². The van der Waals surface area contributed by atoms with Gasteiger partial charge in [0.15, 0.2) is 0 Å². The monoisotopic (exact) mass is 216 g/mol. The van der Waals surface area contributed by atoms with E-state index >= 15 is 0 Å². The molecule has 0 radical (unpaired) electrons. The van der Waals surface area contributed by atoms with Crippen LogP contribution in [0.15, 0.2) is 34.9 Å². The van der Waals surface area contributed by atoms with Crippen LogP contribution in [0.25, 0.3) is 0 Å². The van der Waals surface area contributed by atoms with Crippen LogP contribution in [0.3, 0.4) is 0 Å². The highest BCUT2D eigenvalue weighted by Gasteiger charge is 2.41. The highest BCUT2D eigenvalue weighted by Crippen LogP contribution is 2.55. The lowest BCUT2D eigenvalue weighted by Crippen LogP contribution is -2.17. The first kappa shape index (κ1) is 11.7. The number of hydrogen-bond donors (Lipinski definition) is 0. The lowest BCUT2D eigenvalue weighted by molar-refractivity contribution is 0.377. The Bertz CT molecular complexity index is 363. The summed E-state index contributed by atoms with van der Waals surface area (Å²) in [6.45, 7) is 9.19. The molecule has 2 aliphatic rings. The third-order valence-corrected chi connectivity index (χ3v) is 4.03. The van der Waals surface area contributed by atoms with E-state index in [0.29, 0.717) is 5.41 Å². The molecule has 0 heterocycles. The Morgan fingerprint density at radius 3 is 2.88 bits per heavy atom. The zero-order chi connectivity index (χ0) is 11.8. The van der Waals surface area contributed by atoms with Crippen LogP contribution >= 0.6 is 0 Å². The van der Waals surface area contributed by atoms with Crippen LogP contribution in [0.5, 0.6) is 0 Å². The molecule has 1 fully saturated rings. The van der Waals surface area contributed by atoms with Gasteiger partial charge in [0.25, 0.3) is 0 Å². The van der Waals surface area contributed by atoms with Crippen LogP contribution in [-0.2, 0) is 0 Å². The first-order chi connectivity index (χ1) is 7.54. The number of allylic oxidation sites excluding steroid dienone is 6. The highest BCUT2D eigenvalue weighted by atomic mass is 14.5. The van der Waals surface area contributed by atoms with E-state index in [2.05, 4.69) is 45.9 Å². The predicted octanol–water partition coefficient (Wildman–Crippen LogP) is 5.04. The van der Waals surface area contributed by atoms with Crippen LogP contribution in [0.1, 0.15) is 53.4 Å². The largest absolute Gasteiger partial charge is 0.0819 e. The molecular weight excluding hydrogens is 192 g/mol. The third-order valence-electron chi connectivity index (χ3n) is 4.03. The first-order valence-corrected chi connectivity index (χ1v) is 6.63. The molecule has 0 spiro atoms. The van der Waals surface area contributed by atoms with Crippen LogP contribution in [-0.4, -0.2) is 0 Å². The van der Waals surface area contributed by atoms with Crippen molar-refractivity contribution in [3.05, 3.63) is 34.9 Å². The van der Waals surface area contributed by atoms with Gasteiger partial charge in [0.1, 0.15) is 0 Å². The molecule has 2 rings (SSSR count). The fourth-order valence-electron chi connectivity index (χ4n) is 2.85. The first-order valence-electron chi connectivity index (χ1n) is 6.63. The fourth-order valence-corrected chi connectivity index (χ4v) is 2.85. The van der Waals surface area contributed by atoms with Crippen molar-refractivity contribution in [3.63, 3.8) is 0 Å². The van der Waals surface area contributed by atoms with Crippen molar-refractivity contribution in [1.29, 1.82) is 0 Å². The van der Waals surface area contributed by atoms with Gasteiger partial charge in [0.2, 0.25) is 0 Å². The second-order valence-corrected chi connectivity index (χ2v) is 5.95. The topological polar surface area (TPSA) is 0 Å². The summed E-state index contributed by atoms with van der Waals surface area (Å²) in [5, 5.41) is 0. The quantitative estimate of drug-likeness (QED) is 0.580. The van der Waals surface area contributed by atoms with Gasteiger partial charge in [-0.05, 0) is 49.5 Å². The summed E-state index contributed by atoms with van der Waals surface area (Å²) >= 11 is 0. The normalized spacial score (nSPS) is 28.5. The maximum Gasteiger partial charge on any atom is -0.0104 e. The van der Waals surface area contributed by atoms with Crippen LogP contribution < -0.4 is 0 Å². The molecule has 2 aliphatic carbocycles. The Labute approximate surface area is 100 Å². The summed E-state index contributed by atoms with van der Waals surface area (Å²) < 4.78 is 0. The van der Waals surface area contributed by atoms with E-state index in [9.17, 15) is 0 Å². The minimum atomic E-state index is 0.408. The average molecular weight is 216 g/mol. The summed E-state index contributed by atoms with van der Waals surface area (Å²) in [5.41, 5.74) is 5.18. The van der Waals surface area contributed by atoms with Crippen molar-refractivity contribution in [2.75, 3.05) is 0 Å². The van der Waals surface area contributed by atoms with E-state index in [1.165, 1.54) is 24.8 Å². The van der Waals surface area contributed by atoms with Gasteiger partial charge in [0, 0.05) is 0 Å². The Hall–Kier alpha value is -0.780. The molecule has 0 N–H and O–H groups in total. The Morgan fingerprint density at radius 2 is 2.19 bits per heavy atom. The molecule has 0 amide bonds. The molecule has 0 aromatic heterocycles. The van der Waals surface area contributed by atoms with Gasteiger partial charge >= 0.3 is 0 Å². The molecule has 1 unspecified atom stereocenters. The predicted molar refractivity (Wildman–Crippen MR) is 71.3 cm³/mol. The molecule has 0 aromatic carbocycles. The Morgan fingerprint density at radius 1 is 1.44 bits per heavy atom. The van der Waals surface area contributed by atoms with E-state index in [-0.39, 0.29) is 0 Å². The third kappa shape index (κ3) is 2.31. The number of rotatable bonds is 3. The van der Waals surface area contributed by atoms with Crippen molar-refractivity contribution < 1.29 is 0 Å². The second-order valence-electron chi connectivity index (χ2n) is 5.95. The van der Waals surface area contributed by atoms with Gasteiger partial charge < -0.3 is 0 Å². The van der Waals surface area contributed by atoms with Gasteiger partial charge in [-0.3, -0.25) is 0 Å². The molecule has 0 aromatic rings. The molecule has 0 bridgehead atoms. The maximum absolute atomic E-state index is 2.40. The fraction of sp³-hybridized carbons (Fsp3) is 0.625. The van der Waals surface area contributed by atoms with Crippen LogP contribution in [0.2, 0.25) is 0 Å². The molecule has 88 valence electrons. The molecule has 0 nitrogen and oxygen atoms in total. The molecule has 16 heavy (non-hydrogen) atoms. The lowest BCUT2D eigenvalue weighted by atomic mass is 9.75. The Kier molecular flexibility index (Phi) is 3.10. The summed E-state index contributed by atoms with van der Waals surface area (Å²) in [6, 6.07) is 0. The number of fused-ring (bicyclic) bond motifs is 1. The van der Waals surface area contributed by atoms with Crippen LogP contribution in [0, 0.1) is 11.3 Å². The SMILES string of the molecule is CC/C=C(C)/C=C/C1=C2CC2CCC1(C)C. The smallest absolute Gasteiger partial charge is 0.0104 e. The molecule has 1 saturated carbocycles. The standard InChI is InChI=1S/C16H24/c1-5-6-12(2)7-8-15-14-11-13(14)9-10-16(15,3)4/h6-8,13H,5,9-11H2,1-4H3/b8-7+,12-6+. The zero-order valence-electron chi connectivity index (χ0n) is 11.1. The van der Waals surface area contributed by atoms with E-state index < -0.39 is 0 Å². The van der Waals surface area contributed by atoms with Gasteiger partial charge in [0.05, 0.1) is 0 Å². The van der Waals surface area contributed by atoms with E-state index in [1.54, 1.807) is 11.1 Å². The molecule has 1 atom stereocenters. The average Bonchev–Trinajstić information content (AvgIpc) is 2.95. The minimum absolute atomic E-state index is 0.408.